The molecule has 2 amide bonds. The quantitative estimate of drug-likeness (QED) is 0.751. The second-order valence-electron chi connectivity index (χ2n) is 7.18. The van der Waals surface area contributed by atoms with Crippen molar-refractivity contribution in [3.05, 3.63) is 24.3 Å². The number of rotatable bonds is 6. The number of hydrogen-bond donors (Lipinski definition) is 3. The van der Waals surface area contributed by atoms with E-state index in [4.69, 9.17) is 0 Å². The first-order valence-electron chi connectivity index (χ1n) is 9.03. The van der Waals surface area contributed by atoms with Crippen LogP contribution < -0.4 is 16.0 Å². The molecule has 2 fully saturated rings. The zero-order valence-electron chi connectivity index (χ0n) is 14.3. The average molecular weight is 329 g/mol. The monoisotopic (exact) mass is 329 g/mol. The van der Waals surface area contributed by atoms with Crippen LogP contribution in [0, 0.1) is 17.8 Å². The van der Waals surface area contributed by atoms with Crippen LogP contribution in [-0.2, 0) is 9.59 Å². The van der Waals surface area contributed by atoms with Crippen LogP contribution in [0.1, 0.15) is 39.0 Å². The summed E-state index contributed by atoms with van der Waals surface area (Å²) in [7, 11) is 0. The molecule has 0 radical (unpaired) electrons. The van der Waals surface area contributed by atoms with Crippen LogP contribution in [0.15, 0.2) is 24.3 Å². The highest BCUT2D eigenvalue weighted by molar-refractivity contribution is 5.95. The maximum absolute atomic E-state index is 12.2. The molecule has 5 heteroatoms. The topological polar surface area (TPSA) is 70.2 Å². The summed E-state index contributed by atoms with van der Waals surface area (Å²) in [6, 6.07) is 7.36. The number of nitrogens with one attached hydrogen (secondary N) is 3. The second-order valence-corrected chi connectivity index (χ2v) is 7.18. The number of amides is 2. The molecular formula is C19H27N3O2. The Bertz CT molecular complexity index is 575. The van der Waals surface area contributed by atoms with Crippen LogP contribution in [0.5, 0.6) is 0 Å². The average Bonchev–Trinajstić information content (AvgIpc) is 3.42. The molecule has 1 aromatic rings. The molecule has 0 aromatic heterocycles. The lowest BCUT2D eigenvalue weighted by molar-refractivity contribution is -0.118. The lowest BCUT2D eigenvalue weighted by Crippen LogP contribution is -2.34. The zero-order chi connectivity index (χ0) is 16.9. The van der Waals surface area contributed by atoms with E-state index in [2.05, 4.69) is 22.9 Å². The molecule has 0 spiro atoms. The molecule has 2 aliphatic rings. The molecule has 1 heterocycles. The van der Waals surface area contributed by atoms with E-state index in [1.165, 1.54) is 12.8 Å². The maximum atomic E-state index is 12.2. The van der Waals surface area contributed by atoms with Gasteiger partial charge < -0.3 is 16.0 Å². The second kappa shape index (κ2) is 7.79. The largest absolute Gasteiger partial charge is 0.326 e. The van der Waals surface area contributed by atoms with Crippen LogP contribution in [0.4, 0.5) is 11.4 Å². The van der Waals surface area contributed by atoms with E-state index < -0.39 is 0 Å². The maximum Gasteiger partial charge on any atom is 0.227 e. The van der Waals surface area contributed by atoms with E-state index in [0.29, 0.717) is 18.3 Å². The minimum atomic E-state index is 0.0582. The van der Waals surface area contributed by atoms with E-state index in [1.54, 1.807) is 0 Å². The van der Waals surface area contributed by atoms with Gasteiger partial charge in [0.1, 0.15) is 0 Å². The first-order chi connectivity index (χ1) is 11.6. The van der Waals surface area contributed by atoms with E-state index in [1.807, 2.05) is 24.3 Å². The summed E-state index contributed by atoms with van der Waals surface area (Å²) in [5.41, 5.74) is 1.56. The number of carbonyl (C=O) groups is 2. The van der Waals surface area contributed by atoms with Gasteiger partial charge in [0.2, 0.25) is 11.8 Å². The summed E-state index contributed by atoms with van der Waals surface area (Å²) in [4.78, 5) is 23.9. The Morgan fingerprint density at radius 3 is 2.38 bits per heavy atom. The molecule has 1 aromatic carbocycles. The third kappa shape index (κ3) is 4.81. The van der Waals surface area contributed by atoms with Crippen molar-refractivity contribution in [3.63, 3.8) is 0 Å². The number of hydrogen-bond acceptors (Lipinski definition) is 3. The van der Waals surface area contributed by atoms with Crippen molar-refractivity contribution in [2.45, 2.75) is 39.0 Å². The molecule has 3 N–H and O–H groups in total. The van der Waals surface area contributed by atoms with Gasteiger partial charge >= 0.3 is 0 Å². The standard InChI is InChI=1S/C19H27N3O2/c1-13(15-3-2-10-20-12-15)11-18(23)21-16-6-8-17(9-7-16)22-19(24)14-4-5-14/h6-9,13-15,20H,2-5,10-12H2,1H3,(H,21,23)(H,22,24). The highest BCUT2D eigenvalue weighted by Crippen LogP contribution is 2.30. The van der Waals surface area contributed by atoms with E-state index in [0.717, 1.165) is 37.3 Å². The van der Waals surface area contributed by atoms with Crippen LogP contribution in [0.25, 0.3) is 0 Å². The highest BCUT2D eigenvalue weighted by Gasteiger charge is 2.29. The number of benzene rings is 1. The van der Waals surface area contributed by atoms with Gasteiger partial charge in [-0.25, -0.2) is 0 Å². The van der Waals surface area contributed by atoms with Gasteiger partial charge in [-0.3, -0.25) is 9.59 Å². The zero-order valence-corrected chi connectivity index (χ0v) is 14.3. The van der Waals surface area contributed by atoms with Crippen molar-refractivity contribution in [2.24, 2.45) is 17.8 Å². The van der Waals surface area contributed by atoms with Crippen molar-refractivity contribution in [1.82, 2.24) is 5.32 Å². The SMILES string of the molecule is CC(CC(=O)Nc1ccc(NC(=O)C2CC2)cc1)C1CCCNC1. The number of anilines is 2. The first kappa shape index (κ1) is 17.0. The molecule has 1 saturated heterocycles. The smallest absolute Gasteiger partial charge is 0.227 e. The highest BCUT2D eigenvalue weighted by atomic mass is 16.2. The third-order valence-electron chi connectivity index (χ3n) is 5.03. The molecule has 5 nitrogen and oxygen atoms in total. The number of piperidine rings is 1. The van der Waals surface area contributed by atoms with E-state index >= 15 is 0 Å². The molecule has 24 heavy (non-hydrogen) atoms. The van der Waals surface area contributed by atoms with E-state index in [-0.39, 0.29) is 17.7 Å². The summed E-state index contributed by atoms with van der Waals surface area (Å²) in [6.07, 6.45) is 4.94. The minimum absolute atomic E-state index is 0.0582. The van der Waals surface area contributed by atoms with Gasteiger partial charge in [0.05, 0.1) is 0 Å². The van der Waals surface area contributed by atoms with Gasteiger partial charge in [-0.05, 0) is 74.9 Å². The Balaban J connectivity index is 1.46. The summed E-state index contributed by atoms with van der Waals surface area (Å²) < 4.78 is 0. The van der Waals surface area contributed by atoms with Gasteiger partial charge in [0, 0.05) is 23.7 Å². The van der Waals surface area contributed by atoms with Gasteiger partial charge in [0.25, 0.3) is 0 Å². The molecule has 2 atom stereocenters. The van der Waals surface area contributed by atoms with Crippen molar-refractivity contribution in [2.75, 3.05) is 23.7 Å². The van der Waals surface area contributed by atoms with Crippen LogP contribution >= 0.6 is 0 Å². The molecule has 1 aliphatic heterocycles. The van der Waals surface area contributed by atoms with Crippen molar-refractivity contribution in [3.8, 4) is 0 Å². The third-order valence-corrected chi connectivity index (χ3v) is 5.03. The predicted octanol–water partition coefficient (Wildman–Crippen LogP) is 3.00. The number of carbonyl (C=O) groups excluding carboxylic acids is 2. The summed E-state index contributed by atoms with van der Waals surface area (Å²) in [5, 5.41) is 9.26. The summed E-state index contributed by atoms with van der Waals surface area (Å²) >= 11 is 0. The van der Waals surface area contributed by atoms with Gasteiger partial charge in [-0.2, -0.15) is 0 Å². The first-order valence-corrected chi connectivity index (χ1v) is 9.03. The van der Waals surface area contributed by atoms with Crippen LogP contribution in [0.3, 0.4) is 0 Å². The van der Waals surface area contributed by atoms with E-state index in [9.17, 15) is 9.59 Å². The molecular weight excluding hydrogens is 302 g/mol. The molecule has 1 saturated carbocycles. The Morgan fingerprint density at radius 1 is 1.12 bits per heavy atom. The van der Waals surface area contributed by atoms with Gasteiger partial charge in [0.15, 0.2) is 0 Å². The fraction of sp³-hybridized carbons (Fsp3) is 0.579. The fourth-order valence-corrected chi connectivity index (χ4v) is 3.26. The molecule has 3 rings (SSSR count). The molecule has 1 aliphatic carbocycles. The molecule has 2 unspecified atom stereocenters. The lowest BCUT2D eigenvalue weighted by Gasteiger charge is -2.28. The fourth-order valence-electron chi connectivity index (χ4n) is 3.26. The Hall–Kier alpha value is -1.88. The molecule has 130 valence electrons. The van der Waals surface area contributed by atoms with Crippen LogP contribution in [0.2, 0.25) is 0 Å². The van der Waals surface area contributed by atoms with Crippen molar-refractivity contribution < 1.29 is 9.59 Å². The Labute approximate surface area is 143 Å². The summed E-state index contributed by atoms with van der Waals surface area (Å²) in [6.45, 7) is 4.27. The predicted molar refractivity (Wildman–Crippen MR) is 95.8 cm³/mol. The summed E-state index contributed by atoms with van der Waals surface area (Å²) in [5.74, 6) is 1.32. The van der Waals surface area contributed by atoms with Crippen molar-refractivity contribution >= 4 is 23.2 Å². The minimum Gasteiger partial charge on any atom is -0.326 e. The normalized spacial score (nSPS) is 21.8. The van der Waals surface area contributed by atoms with Crippen molar-refractivity contribution in [1.29, 1.82) is 0 Å². The van der Waals surface area contributed by atoms with Crippen LogP contribution in [-0.4, -0.2) is 24.9 Å². The van der Waals surface area contributed by atoms with Gasteiger partial charge in [-0.1, -0.05) is 6.92 Å². The molecule has 0 bridgehead atoms. The van der Waals surface area contributed by atoms with Gasteiger partial charge in [-0.15, -0.1) is 0 Å². The Morgan fingerprint density at radius 2 is 1.79 bits per heavy atom. The lowest BCUT2D eigenvalue weighted by atomic mass is 9.85. The Kier molecular flexibility index (Phi) is 5.51.